The molecule has 0 amide bonds. The summed E-state index contributed by atoms with van der Waals surface area (Å²) in [5.74, 6) is -0.690. The first kappa shape index (κ1) is 21.1. The molecule has 0 aliphatic heterocycles. The first-order valence-electron chi connectivity index (χ1n) is 10.3. The fourth-order valence-corrected chi connectivity index (χ4v) is 3.82. The van der Waals surface area contributed by atoms with Gasteiger partial charge in [-0.2, -0.15) is 0 Å². The summed E-state index contributed by atoms with van der Waals surface area (Å²) in [5, 5.41) is 0. The molecule has 0 unspecified atom stereocenters. The molecule has 1 aliphatic carbocycles. The summed E-state index contributed by atoms with van der Waals surface area (Å²) < 4.78 is 16.5. The first-order valence-corrected chi connectivity index (χ1v) is 10.3. The van der Waals surface area contributed by atoms with Gasteiger partial charge < -0.3 is 14.2 Å². The number of carbonyl (C=O) groups is 2. The topological polar surface area (TPSA) is 61.8 Å². The van der Waals surface area contributed by atoms with Crippen LogP contribution in [0.3, 0.4) is 0 Å². The first-order chi connectivity index (χ1) is 14.2. The lowest BCUT2D eigenvalue weighted by Crippen LogP contribution is -2.21. The van der Waals surface area contributed by atoms with Crippen molar-refractivity contribution in [3.05, 3.63) is 69.8 Å². The van der Waals surface area contributed by atoms with Crippen molar-refractivity contribution < 1.29 is 23.8 Å². The molecule has 0 saturated heterocycles. The zero-order valence-corrected chi connectivity index (χ0v) is 17.2. The molecule has 0 radical (unpaired) electrons. The number of hydrogen-bond acceptors (Lipinski definition) is 5. The van der Waals surface area contributed by atoms with Crippen LogP contribution >= 0.6 is 0 Å². The van der Waals surface area contributed by atoms with Crippen LogP contribution in [0, 0.1) is 0 Å². The molecule has 5 nitrogen and oxygen atoms in total. The number of rotatable bonds is 8. The van der Waals surface area contributed by atoms with Crippen LogP contribution in [-0.2, 0) is 40.3 Å². The van der Waals surface area contributed by atoms with Crippen LogP contribution < -0.4 is 0 Å². The molecule has 154 valence electrons. The minimum atomic E-state index is -0.348. The van der Waals surface area contributed by atoms with Gasteiger partial charge in [0.05, 0.1) is 37.6 Å². The second-order valence-corrected chi connectivity index (χ2v) is 7.04. The van der Waals surface area contributed by atoms with Crippen LogP contribution in [-0.4, -0.2) is 25.2 Å². The Morgan fingerprint density at radius 2 is 1.52 bits per heavy atom. The molecule has 0 spiro atoms. The van der Waals surface area contributed by atoms with Gasteiger partial charge >= 0.3 is 11.9 Å². The van der Waals surface area contributed by atoms with Crippen LogP contribution in [0.1, 0.15) is 69.7 Å². The highest BCUT2D eigenvalue weighted by Crippen LogP contribution is 2.32. The quantitative estimate of drug-likeness (QED) is 0.609. The highest BCUT2D eigenvalue weighted by Gasteiger charge is 2.28. The Labute approximate surface area is 172 Å². The van der Waals surface area contributed by atoms with Gasteiger partial charge in [-0.25, -0.2) is 9.59 Å². The van der Waals surface area contributed by atoms with Gasteiger partial charge in [-0.15, -0.1) is 0 Å². The van der Waals surface area contributed by atoms with Crippen molar-refractivity contribution in [2.24, 2.45) is 0 Å². The Bertz CT molecular complexity index is 857. The molecule has 3 rings (SSSR count). The highest BCUT2D eigenvalue weighted by molar-refractivity contribution is 5.98. The third kappa shape index (κ3) is 5.04. The van der Waals surface area contributed by atoms with Crippen molar-refractivity contribution in [3.8, 4) is 0 Å². The van der Waals surface area contributed by atoms with Crippen molar-refractivity contribution in [2.45, 2.75) is 52.7 Å². The zero-order chi connectivity index (χ0) is 20.6. The van der Waals surface area contributed by atoms with Crippen LogP contribution in [0.5, 0.6) is 0 Å². The molecule has 0 atom stereocenters. The summed E-state index contributed by atoms with van der Waals surface area (Å²) in [6.07, 6.45) is 3.49. The van der Waals surface area contributed by atoms with Crippen molar-refractivity contribution in [1.29, 1.82) is 0 Å². The molecule has 29 heavy (non-hydrogen) atoms. The van der Waals surface area contributed by atoms with E-state index in [0.29, 0.717) is 36.5 Å². The van der Waals surface area contributed by atoms with Crippen molar-refractivity contribution in [2.75, 3.05) is 13.2 Å². The lowest BCUT2D eigenvalue weighted by molar-refractivity contribution is 0.0500. The Morgan fingerprint density at radius 3 is 2.21 bits per heavy atom. The Kier molecular flexibility index (Phi) is 7.42. The summed E-state index contributed by atoms with van der Waals surface area (Å²) >= 11 is 0. The van der Waals surface area contributed by atoms with Crippen LogP contribution in [0.2, 0.25) is 0 Å². The van der Waals surface area contributed by atoms with E-state index >= 15 is 0 Å². The largest absolute Gasteiger partial charge is 0.462 e. The maximum atomic E-state index is 12.8. The molecule has 0 fully saturated rings. The lowest BCUT2D eigenvalue weighted by Gasteiger charge is -2.24. The summed E-state index contributed by atoms with van der Waals surface area (Å²) in [4.78, 5) is 25.4. The Morgan fingerprint density at radius 1 is 0.862 bits per heavy atom. The smallest absolute Gasteiger partial charge is 0.338 e. The average molecular weight is 396 g/mol. The van der Waals surface area contributed by atoms with Gasteiger partial charge in [-0.3, -0.25) is 0 Å². The maximum Gasteiger partial charge on any atom is 0.338 e. The minimum absolute atomic E-state index is 0.225. The lowest BCUT2D eigenvalue weighted by atomic mass is 9.82. The van der Waals surface area contributed by atoms with E-state index in [1.165, 1.54) is 0 Å². The van der Waals surface area contributed by atoms with Crippen molar-refractivity contribution in [3.63, 3.8) is 0 Å². The summed E-state index contributed by atoms with van der Waals surface area (Å²) in [5.41, 5.74) is 4.68. The van der Waals surface area contributed by atoms with Gasteiger partial charge in [-0.1, -0.05) is 30.3 Å². The molecule has 2 aromatic carbocycles. The van der Waals surface area contributed by atoms with Gasteiger partial charge in [-0.05, 0) is 67.9 Å². The van der Waals surface area contributed by atoms with Gasteiger partial charge in [0.25, 0.3) is 0 Å². The van der Waals surface area contributed by atoms with E-state index < -0.39 is 0 Å². The van der Waals surface area contributed by atoms with Crippen LogP contribution in [0.25, 0.3) is 0 Å². The minimum Gasteiger partial charge on any atom is -0.462 e. The monoisotopic (exact) mass is 396 g/mol. The van der Waals surface area contributed by atoms with Crippen molar-refractivity contribution in [1.82, 2.24) is 0 Å². The third-order valence-corrected chi connectivity index (χ3v) is 5.08. The van der Waals surface area contributed by atoms with Gasteiger partial charge in [0.15, 0.2) is 0 Å². The zero-order valence-electron chi connectivity index (χ0n) is 17.2. The van der Waals surface area contributed by atoms with Crippen LogP contribution in [0.4, 0.5) is 0 Å². The number of ether oxygens (including phenoxy) is 3. The van der Waals surface area contributed by atoms with Gasteiger partial charge in [0.1, 0.15) is 0 Å². The maximum absolute atomic E-state index is 12.8. The molecular formula is C24H28O5. The van der Waals surface area contributed by atoms with Crippen molar-refractivity contribution >= 4 is 11.9 Å². The molecule has 0 saturated carbocycles. The van der Waals surface area contributed by atoms with E-state index in [1.54, 1.807) is 19.9 Å². The Balaban J connectivity index is 1.97. The molecule has 0 N–H and O–H groups in total. The van der Waals surface area contributed by atoms with E-state index in [-0.39, 0.29) is 18.5 Å². The number of fused-ring (bicyclic) bond motifs is 1. The molecule has 0 bridgehead atoms. The normalized spacial score (nSPS) is 12.9. The van der Waals surface area contributed by atoms with E-state index in [2.05, 4.69) is 0 Å². The van der Waals surface area contributed by atoms with Gasteiger partial charge in [0, 0.05) is 0 Å². The summed E-state index contributed by atoms with van der Waals surface area (Å²) in [6.45, 7) is 4.85. The standard InChI is InChI=1S/C24H28O5/c1-3-28-23(25)21-14-18(16-27-15-17-10-6-5-7-11-17)22(24(26)29-4-2)20-13-9-8-12-19(20)21/h5-7,10-11,14H,3-4,8-9,12-13,15-16H2,1-2H3. The predicted octanol–water partition coefficient (Wildman–Crippen LogP) is 4.64. The number of carbonyl (C=O) groups excluding carboxylic acids is 2. The van der Waals surface area contributed by atoms with E-state index in [4.69, 9.17) is 14.2 Å². The fourth-order valence-electron chi connectivity index (χ4n) is 3.82. The predicted molar refractivity (Wildman–Crippen MR) is 110 cm³/mol. The van der Waals surface area contributed by atoms with E-state index in [9.17, 15) is 9.59 Å². The third-order valence-electron chi connectivity index (χ3n) is 5.08. The Hall–Kier alpha value is -2.66. The second kappa shape index (κ2) is 10.2. The number of esters is 2. The molecule has 5 heteroatoms. The van der Waals surface area contributed by atoms with E-state index in [0.717, 1.165) is 42.4 Å². The molecule has 1 aliphatic rings. The number of benzene rings is 2. The second-order valence-electron chi connectivity index (χ2n) is 7.04. The molecule has 2 aromatic rings. The van der Waals surface area contributed by atoms with E-state index in [1.807, 2.05) is 30.3 Å². The summed E-state index contributed by atoms with van der Waals surface area (Å²) in [7, 11) is 0. The number of hydrogen-bond donors (Lipinski definition) is 0. The molecule has 0 heterocycles. The molecular weight excluding hydrogens is 368 g/mol. The fraction of sp³-hybridized carbons (Fsp3) is 0.417. The van der Waals surface area contributed by atoms with Crippen LogP contribution in [0.15, 0.2) is 36.4 Å². The molecule has 0 aromatic heterocycles. The SMILES string of the molecule is CCOC(=O)c1cc(COCc2ccccc2)c(C(=O)OCC)c2c1CCCC2. The average Bonchev–Trinajstić information content (AvgIpc) is 2.74. The van der Waals surface area contributed by atoms with Gasteiger partial charge in [0.2, 0.25) is 0 Å². The highest BCUT2D eigenvalue weighted by atomic mass is 16.5. The summed E-state index contributed by atoms with van der Waals surface area (Å²) in [6, 6.07) is 11.6.